The van der Waals surface area contributed by atoms with E-state index in [0.29, 0.717) is 17.9 Å². The number of nitrogens with one attached hydrogen (secondary N) is 2. The molecule has 0 fully saturated rings. The number of hydrogen-bond donors (Lipinski definition) is 2. The lowest BCUT2D eigenvalue weighted by atomic mass is 10.1. The number of hydrogen-bond acceptors (Lipinski definition) is 4. The highest BCUT2D eigenvalue weighted by Crippen LogP contribution is 2.17. The molecule has 0 saturated carbocycles. The van der Waals surface area contributed by atoms with Crippen molar-refractivity contribution in [3.8, 4) is 5.69 Å². The molecule has 7 nitrogen and oxygen atoms in total. The molecule has 0 radical (unpaired) electrons. The Morgan fingerprint density at radius 2 is 1.96 bits per heavy atom. The van der Waals surface area contributed by atoms with Crippen LogP contribution >= 0.6 is 0 Å². The van der Waals surface area contributed by atoms with Crippen molar-refractivity contribution in [2.45, 2.75) is 13.3 Å². The fraction of sp³-hybridized carbons (Fsp3) is 0.158. The van der Waals surface area contributed by atoms with E-state index in [1.165, 1.54) is 10.9 Å². The van der Waals surface area contributed by atoms with Gasteiger partial charge in [0, 0.05) is 29.2 Å². The quantitative estimate of drug-likeness (QED) is 0.581. The predicted molar refractivity (Wildman–Crippen MR) is 98.2 cm³/mol. The number of tetrazole rings is 1. The van der Waals surface area contributed by atoms with Gasteiger partial charge in [-0.1, -0.05) is 18.2 Å². The summed E-state index contributed by atoms with van der Waals surface area (Å²) in [7, 11) is 0. The minimum absolute atomic E-state index is 0.0928. The van der Waals surface area contributed by atoms with Gasteiger partial charge in [-0.25, -0.2) is 0 Å². The van der Waals surface area contributed by atoms with Crippen molar-refractivity contribution >= 4 is 16.8 Å². The van der Waals surface area contributed by atoms with E-state index < -0.39 is 0 Å². The zero-order valence-electron chi connectivity index (χ0n) is 14.3. The third-order valence-electron chi connectivity index (χ3n) is 4.35. The number of benzene rings is 2. The second-order valence-corrected chi connectivity index (χ2v) is 6.05. The van der Waals surface area contributed by atoms with Crippen molar-refractivity contribution in [3.05, 3.63) is 71.7 Å². The Kier molecular flexibility index (Phi) is 4.18. The monoisotopic (exact) mass is 346 g/mol. The number of fused-ring (bicyclic) bond motifs is 1. The van der Waals surface area contributed by atoms with Gasteiger partial charge in [-0.3, -0.25) is 4.79 Å². The fourth-order valence-corrected chi connectivity index (χ4v) is 2.98. The highest BCUT2D eigenvalue weighted by Gasteiger charge is 2.08. The number of carbonyl (C=O) groups excluding carboxylic acids is 1. The molecule has 2 N–H and O–H groups in total. The first-order valence-corrected chi connectivity index (χ1v) is 8.41. The van der Waals surface area contributed by atoms with Crippen molar-refractivity contribution in [1.82, 2.24) is 30.5 Å². The number of aryl methyl sites for hydroxylation is 1. The Balaban J connectivity index is 1.38. The summed E-state index contributed by atoms with van der Waals surface area (Å²) in [5.74, 6) is 0.603. The maximum absolute atomic E-state index is 12.3. The molecule has 2 heterocycles. The van der Waals surface area contributed by atoms with Crippen LogP contribution in [-0.2, 0) is 6.42 Å². The molecular weight excluding hydrogens is 328 g/mol. The Labute approximate surface area is 150 Å². The third-order valence-corrected chi connectivity index (χ3v) is 4.35. The van der Waals surface area contributed by atoms with Crippen LogP contribution in [0.4, 0.5) is 0 Å². The number of carbonyl (C=O) groups is 1. The molecule has 2 aromatic carbocycles. The third kappa shape index (κ3) is 3.06. The van der Waals surface area contributed by atoms with Crippen LogP contribution in [0.5, 0.6) is 0 Å². The number of aromatic amines is 1. The smallest absolute Gasteiger partial charge is 0.251 e. The van der Waals surface area contributed by atoms with Gasteiger partial charge in [0.25, 0.3) is 5.91 Å². The van der Waals surface area contributed by atoms with Crippen LogP contribution in [-0.4, -0.2) is 37.6 Å². The molecule has 4 aromatic rings. The van der Waals surface area contributed by atoms with Crippen LogP contribution in [0.15, 0.2) is 54.7 Å². The van der Waals surface area contributed by atoms with E-state index in [0.717, 1.165) is 17.6 Å². The van der Waals surface area contributed by atoms with Gasteiger partial charge in [-0.15, -0.1) is 5.10 Å². The van der Waals surface area contributed by atoms with E-state index in [1.807, 2.05) is 43.5 Å². The van der Waals surface area contributed by atoms with Crippen LogP contribution in [0.3, 0.4) is 0 Å². The zero-order chi connectivity index (χ0) is 17.9. The maximum Gasteiger partial charge on any atom is 0.251 e. The lowest BCUT2D eigenvalue weighted by Gasteiger charge is -2.06. The second-order valence-electron chi connectivity index (χ2n) is 6.05. The summed E-state index contributed by atoms with van der Waals surface area (Å²) in [5.41, 5.74) is 3.74. The van der Waals surface area contributed by atoms with Crippen molar-refractivity contribution in [2.75, 3.05) is 6.54 Å². The largest absolute Gasteiger partial charge is 0.361 e. The molecule has 0 unspecified atom stereocenters. The molecule has 1 amide bonds. The van der Waals surface area contributed by atoms with E-state index in [1.54, 1.807) is 16.8 Å². The molecule has 0 saturated heterocycles. The first-order valence-electron chi connectivity index (χ1n) is 8.41. The van der Waals surface area contributed by atoms with Gasteiger partial charge in [0.2, 0.25) is 0 Å². The van der Waals surface area contributed by atoms with E-state index in [-0.39, 0.29) is 5.91 Å². The van der Waals surface area contributed by atoms with Gasteiger partial charge >= 0.3 is 0 Å². The number of amides is 1. The average molecular weight is 346 g/mol. The SMILES string of the molecule is Cc1nnnn1-c1ccc(C(=O)NCCc2c[nH]c3ccccc23)cc1. The van der Waals surface area contributed by atoms with Gasteiger partial charge in [-0.05, 0) is 59.7 Å². The van der Waals surface area contributed by atoms with Crippen molar-refractivity contribution in [3.63, 3.8) is 0 Å². The molecule has 26 heavy (non-hydrogen) atoms. The Bertz CT molecular complexity index is 1050. The molecule has 7 heteroatoms. The predicted octanol–water partition coefficient (Wildman–Crippen LogP) is 2.42. The minimum Gasteiger partial charge on any atom is -0.361 e. The van der Waals surface area contributed by atoms with Crippen LogP contribution in [0.2, 0.25) is 0 Å². The summed E-state index contributed by atoms with van der Waals surface area (Å²) in [6, 6.07) is 15.4. The summed E-state index contributed by atoms with van der Waals surface area (Å²) in [5, 5.41) is 15.6. The van der Waals surface area contributed by atoms with Crippen molar-refractivity contribution in [2.24, 2.45) is 0 Å². The van der Waals surface area contributed by atoms with Gasteiger partial charge in [0.15, 0.2) is 5.82 Å². The van der Waals surface area contributed by atoms with Gasteiger partial charge in [0.05, 0.1) is 5.69 Å². The lowest BCUT2D eigenvalue weighted by molar-refractivity contribution is 0.0954. The van der Waals surface area contributed by atoms with Crippen LogP contribution in [0, 0.1) is 6.92 Å². The Morgan fingerprint density at radius 3 is 2.73 bits per heavy atom. The molecule has 4 rings (SSSR count). The molecule has 0 aliphatic heterocycles. The Morgan fingerprint density at radius 1 is 1.15 bits per heavy atom. The summed E-state index contributed by atoms with van der Waals surface area (Å²) in [4.78, 5) is 15.6. The van der Waals surface area contributed by atoms with Crippen LogP contribution in [0.1, 0.15) is 21.7 Å². The summed E-state index contributed by atoms with van der Waals surface area (Å²) < 4.78 is 1.62. The van der Waals surface area contributed by atoms with Crippen LogP contribution in [0.25, 0.3) is 16.6 Å². The number of H-pyrrole nitrogens is 1. The topological polar surface area (TPSA) is 88.5 Å². The number of rotatable bonds is 5. The van der Waals surface area contributed by atoms with Gasteiger partial charge < -0.3 is 10.3 Å². The molecular formula is C19H18N6O. The normalized spacial score (nSPS) is 11.0. The fourth-order valence-electron chi connectivity index (χ4n) is 2.98. The standard InChI is InChI=1S/C19H18N6O/c1-13-22-23-24-25(13)16-8-6-14(7-9-16)19(26)20-11-10-15-12-21-18-5-3-2-4-17(15)18/h2-9,12,21H,10-11H2,1H3,(H,20,26). The van der Waals surface area contributed by atoms with Crippen molar-refractivity contribution < 1.29 is 4.79 Å². The number of nitrogens with zero attached hydrogens (tertiary/aromatic N) is 4. The Hall–Kier alpha value is -3.48. The lowest BCUT2D eigenvalue weighted by Crippen LogP contribution is -2.25. The summed E-state index contributed by atoms with van der Waals surface area (Å²) in [6.07, 6.45) is 2.78. The molecule has 0 aliphatic carbocycles. The van der Waals surface area contributed by atoms with Crippen LogP contribution < -0.4 is 5.32 Å². The molecule has 0 spiro atoms. The molecule has 0 bridgehead atoms. The molecule has 0 atom stereocenters. The molecule has 0 aliphatic rings. The minimum atomic E-state index is -0.0928. The first-order chi connectivity index (χ1) is 12.7. The second kappa shape index (κ2) is 6.79. The molecule has 2 aromatic heterocycles. The highest BCUT2D eigenvalue weighted by molar-refractivity contribution is 5.94. The number of aromatic nitrogens is 5. The molecule has 130 valence electrons. The maximum atomic E-state index is 12.3. The summed E-state index contributed by atoms with van der Waals surface area (Å²) in [6.45, 7) is 2.40. The zero-order valence-corrected chi connectivity index (χ0v) is 14.3. The van der Waals surface area contributed by atoms with Gasteiger partial charge in [-0.2, -0.15) is 4.68 Å². The van der Waals surface area contributed by atoms with E-state index in [4.69, 9.17) is 0 Å². The average Bonchev–Trinajstić information content (AvgIpc) is 3.28. The summed E-state index contributed by atoms with van der Waals surface area (Å²) >= 11 is 0. The van der Waals surface area contributed by atoms with E-state index >= 15 is 0 Å². The van der Waals surface area contributed by atoms with E-state index in [2.05, 4.69) is 31.9 Å². The first kappa shape index (κ1) is 16.0. The van der Waals surface area contributed by atoms with Crippen molar-refractivity contribution in [1.29, 1.82) is 0 Å². The van der Waals surface area contributed by atoms with Gasteiger partial charge in [0.1, 0.15) is 0 Å². The van der Waals surface area contributed by atoms with E-state index in [9.17, 15) is 4.79 Å². The number of para-hydroxylation sites is 1. The highest BCUT2D eigenvalue weighted by atomic mass is 16.1.